The summed E-state index contributed by atoms with van der Waals surface area (Å²) in [5.41, 5.74) is 0.653. The third-order valence-electron chi connectivity index (χ3n) is 5.34. The van der Waals surface area contributed by atoms with E-state index in [1.54, 1.807) is 17.0 Å². The molecular weight excluding hydrogens is 351 g/mol. The molecule has 3 rings (SSSR count). The maximum absolute atomic E-state index is 13.2. The van der Waals surface area contributed by atoms with Crippen molar-refractivity contribution in [2.75, 3.05) is 6.54 Å². The van der Waals surface area contributed by atoms with Crippen LogP contribution in [0.1, 0.15) is 32.3 Å². The SMILES string of the molecule is CC[C@H](C)[C@@H]1NC(=O)[C@@H]2C[C@H](NC(=O)NCc3cccc(F)c3)CN2C1=O. The minimum atomic E-state index is -0.536. The summed E-state index contributed by atoms with van der Waals surface area (Å²) in [6.45, 7) is 4.43. The van der Waals surface area contributed by atoms with Gasteiger partial charge in [0.25, 0.3) is 0 Å². The van der Waals surface area contributed by atoms with E-state index in [0.29, 0.717) is 18.5 Å². The molecule has 4 amide bonds. The highest BCUT2D eigenvalue weighted by atomic mass is 19.1. The van der Waals surface area contributed by atoms with Gasteiger partial charge in [-0.05, 0) is 30.0 Å². The van der Waals surface area contributed by atoms with Crippen LogP contribution < -0.4 is 16.0 Å². The zero-order chi connectivity index (χ0) is 19.6. The predicted molar refractivity (Wildman–Crippen MR) is 97.1 cm³/mol. The maximum Gasteiger partial charge on any atom is 0.315 e. The number of nitrogens with zero attached hydrogens (tertiary/aromatic N) is 1. The van der Waals surface area contributed by atoms with Gasteiger partial charge in [-0.1, -0.05) is 32.4 Å². The van der Waals surface area contributed by atoms with Gasteiger partial charge in [-0.3, -0.25) is 9.59 Å². The van der Waals surface area contributed by atoms with Crippen LogP contribution in [-0.2, 0) is 16.1 Å². The molecule has 0 unspecified atom stereocenters. The fourth-order valence-electron chi connectivity index (χ4n) is 3.61. The number of hydrogen-bond donors (Lipinski definition) is 3. The predicted octanol–water partition coefficient (Wildman–Crippen LogP) is 1.14. The Kier molecular flexibility index (Phi) is 5.62. The first kappa shape index (κ1) is 19.1. The zero-order valence-corrected chi connectivity index (χ0v) is 15.5. The fraction of sp³-hybridized carbons (Fsp3) is 0.526. The lowest BCUT2D eigenvalue weighted by atomic mass is 9.95. The minimum absolute atomic E-state index is 0.0592. The number of rotatable bonds is 5. The average molecular weight is 376 g/mol. The highest BCUT2D eigenvalue weighted by molar-refractivity contribution is 5.97. The Bertz CT molecular complexity index is 741. The highest BCUT2D eigenvalue weighted by Gasteiger charge is 2.47. The van der Waals surface area contributed by atoms with E-state index in [9.17, 15) is 18.8 Å². The number of benzene rings is 1. The lowest BCUT2D eigenvalue weighted by Gasteiger charge is -2.36. The van der Waals surface area contributed by atoms with Crippen molar-refractivity contribution in [3.8, 4) is 0 Å². The van der Waals surface area contributed by atoms with Gasteiger partial charge < -0.3 is 20.9 Å². The molecule has 146 valence electrons. The molecule has 3 N–H and O–H groups in total. The summed E-state index contributed by atoms with van der Waals surface area (Å²) in [5.74, 6) is -0.547. The summed E-state index contributed by atoms with van der Waals surface area (Å²) in [5, 5.41) is 8.29. The first-order valence-electron chi connectivity index (χ1n) is 9.28. The summed E-state index contributed by atoms with van der Waals surface area (Å²) in [6, 6.07) is 4.25. The quantitative estimate of drug-likeness (QED) is 0.720. The number of amides is 4. The molecule has 0 aromatic heterocycles. The van der Waals surface area contributed by atoms with Crippen LogP contribution in [0, 0.1) is 11.7 Å². The Morgan fingerprint density at radius 2 is 2.19 bits per heavy atom. The second-order valence-corrected chi connectivity index (χ2v) is 7.27. The van der Waals surface area contributed by atoms with Crippen LogP contribution in [0.15, 0.2) is 24.3 Å². The highest BCUT2D eigenvalue weighted by Crippen LogP contribution is 2.25. The molecule has 2 saturated heterocycles. The molecule has 2 aliphatic heterocycles. The molecule has 4 atom stereocenters. The number of halogens is 1. The number of nitrogens with one attached hydrogen (secondary N) is 3. The largest absolute Gasteiger partial charge is 0.342 e. The third kappa shape index (κ3) is 4.20. The number of carbonyl (C=O) groups is 3. The summed E-state index contributed by atoms with van der Waals surface area (Å²) in [7, 11) is 0. The van der Waals surface area contributed by atoms with Gasteiger partial charge in [-0.15, -0.1) is 0 Å². The molecule has 0 saturated carbocycles. The summed E-state index contributed by atoms with van der Waals surface area (Å²) in [6.07, 6.45) is 1.18. The molecular formula is C19H25FN4O3. The van der Waals surface area contributed by atoms with Crippen LogP contribution in [-0.4, -0.2) is 47.4 Å². The van der Waals surface area contributed by atoms with Crippen LogP contribution in [0.2, 0.25) is 0 Å². The van der Waals surface area contributed by atoms with Crippen molar-refractivity contribution in [3.63, 3.8) is 0 Å². The van der Waals surface area contributed by atoms with E-state index in [1.165, 1.54) is 12.1 Å². The second kappa shape index (κ2) is 7.94. The second-order valence-electron chi connectivity index (χ2n) is 7.27. The van der Waals surface area contributed by atoms with E-state index in [-0.39, 0.29) is 36.1 Å². The van der Waals surface area contributed by atoms with Crippen molar-refractivity contribution < 1.29 is 18.8 Å². The van der Waals surface area contributed by atoms with Gasteiger partial charge >= 0.3 is 6.03 Å². The van der Waals surface area contributed by atoms with Gasteiger partial charge in [0.05, 0.1) is 6.04 Å². The lowest BCUT2D eigenvalue weighted by Crippen LogP contribution is -2.62. The van der Waals surface area contributed by atoms with Crippen molar-refractivity contribution in [1.82, 2.24) is 20.9 Å². The molecule has 7 nitrogen and oxygen atoms in total. The first-order valence-corrected chi connectivity index (χ1v) is 9.28. The maximum atomic E-state index is 13.2. The molecule has 0 bridgehead atoms. The van der Waals surface area contributed by atoms with E-state index in [2.05, 4.69) is 16.0 Å². The zero-order valence-electron chi connectivity index (χ0n) is 15.5. The number of piperazine rings is 1. The van der Waals surface area contributed by atoms with Crippen molar-refractivity contribution in [2.45, 2.75) is 51.4 Å². The van der Waals surface area contributed by atoms with Crippen LogP contribution in [0.5, 0.6) is 0 Å². The van der Waals surface area contributed by atoms with Gasteiger partial charge in [0.2, 0.25) is 11.8 Å². The van der Waals surface area contributed by atoms with Gasteiger partial charge in [0.1, 0.15) is 17.9 Å². The molecule has 0 aliphatic carbocycles. The lowest BCUT2D eigenvalue weighted by molar-refractivity contribution is -0.148. The molecule has 27 heavy (non-hydrogen) atoms. The van der Waals surface area contributed by atoms with E-state index in [1.807, 2.05) is 13.8 Å². The molecule has 8 heteroatoms. The van der Waals surface area contributed by atoms with E-state index in [4.69, 9.17) is 0 Å². The number of urea groups is 1. The Hall–Kier alpha value is -2.64. The van der Waals surface area contributed by atoms with Crippen molar-refractivity contribution in [3.05, 3.63) is 35.6 Å². The minimum Gasteiger partial charge on any atom is -0.342 e. The molecule has 0 spiro atoms. The summed E-state index contributed by atoms with van der Waals surface area (Å²) >= 11 is 0. The average Bonchev–Trinajstić information content (AvgIpc) is 3.07. The van der Waals surface area contributed by atoms with Crippen LogP contribution >= 0.6 is 0 Å². The number of hydrogen-bond acceptors (Lipinski definition) is 3. The van der Waals surface area contributed by atoms with Crippen LogP contribution in [0.4, 0.5) is 9.18 Å². The fourth-order valence-corrected chi connectivity index (χ4v) is 3.61. The van der Waals surface area contributed by atoms with Gasteiger partial charge in [0, 0.05) is 13.1 Å². The Labute approximate surface area is 157 Å². The topological polar surface area (TPSA) is 90.5 Å². The van der Waals surface area contributed by atoms with Gasteiger partial charge in [0.15, 0.2) is 0 Å². The molecule has 0 radical (unpaired) electrons. The molecule has 1 aromatic carbocycles. The summed E-state index contributed by atoms with van der Waals surface area (Å²) in [4.78, 5) is 38.7. The molecule has 2 fully saturated rings. The van der Waals surface area contributed by atoms with E-state index >= 15 is 0 Å². The van der Waals surface area contributed by atoms with E-state index < -0.39 is 18.1 Å². The van der Waals surface area contributed by atoms with E-state index in [0.717, 1.165) is 6.42 Å². The first-order chi connectivity index (χ1) is 12.9. The normalized spacial score (nSPS) is 25.6. The van der Waals surface area contributed by atoms with Crippen molar-refractivity contribution in [1.29, 1.82) is 0 Å². The monoisotopic (exact) mass is 376 g/mol. The van der Waals surface area contributed by atoms with Gasteiger partial charge in [-0.2, -0.15) is 0 Å². The molecule has 1 aromatic rings. The van der Waals surface area contributed by atoms with Crippen LogP contribution in [0.3, 0.4) is 0 Å². The Morgan fingerprint density at radius 3 is 2.89 bits per heavy atom. The standard InChI is InChI=1S/C19H25FN4O3/c1-3-11(2)16-18(26)24-10-14(8-15(24)17(25)23-16)22-19(27)21-9-12-5-4-6-13(20)7-12/h4-7,11,14-16H,3,8-10H2,1-2H3,(H,23,25)(H2,21,22,27)/t11-,14-,15-,16-/m0/s1. The molecule has 2 heterocycles. The Morgan fingerprint density at radius 1 is 1.41 bits per heavy atom. The van der Waals surface area contributed by atoms with Crippen molar-refractivity contribution in [2.24, 2.45) is 5.92 Å². The smallest absolute Gasteiger partial charge is 0.315 e. The molecule has 2 aliphatic rings. The summed E-state index contributed by atoms with van der Waals surface area (Å²) < 4.78 is 13.2. The van der Waals surface area contributed by atoms with Gasteiger partial charge in [-0.25, -0.2) is 9.18 Å². The van der Waals surface area contributed by atoms with Crippen molar-refractivity contribution >= 4 is 17.8 Å². The number of carbonyl (C=O) groups excluding carboxylic acids is 3. The van der Waals surface area contributed by atoms with Crippen LogP contribution in [0.25, 0.3) is 0 Å². The third-order valence-corrected chi connectivity index (χ3v) is 5.34. The number of fused-ring (bicyclic) bond motifs is 1. The Balaban J connectivity index is 1.55.